The Morgan fingerprint density at radius 1 is 0.786 bits per heavy atom. The van der Waals surface area contributed by atoms with Gasteiger partial charge in [-0.15, -0.1) is 11.8 Å². The molecule has 0 N–H and O–H groups in total. The fourth-order valence-corrected chi connectivity index (χ4v) is 7.02. The predicted octanol–water partition coefficient (Wildman–Crippen LogP) is 6.04. The maximum absolute atomic E-state index is 14.1. The standard InChI is InChI=1S/C33H42N2O6S/c1-34(19-16-23-20-28(39-5)31(41-7)29(21-23)40-6)18-11-10-17-33(24-14-15-26(37-3)27(22-24)38-4)32(36)35(2)25-12-8-9-13-30(25)42-33/h8-9,12-15,20-22H,10-11,16-19H2,1-7H3. The van der Waals surface area contributed by atoms with E-state index >= 15 is 0 Å². The van der Waals surface area contributed by atoms with Crippen LogP contribution >= 0.6 is 11.8 Å². The van der Waals surface area contributed by atoms with E-state index in [1.807, 2.05) is 55.6 Å². The number of hydrogen-bond acceptors (Lipinski definition) is 8. The zero-order valence-electron chi connectivity index (χ0n) is 25.7. The molecule has 3 aromatic carbocycles. The molecule has 1 aliphatic rings. The van der Waals surface area contributed by atoms with Crippen molar-refractivity contribution in [3.8, 4) is 28.7 Å². The lowest BCUT2D eigenvalue weighted by Crippen LogP contribution is -2.46. The molecule has 0 saturated heterocycles. The summed E-state index contributed by atoms with van der Waals surface area (Å²) < 4.78 is 26.8. The van der Waals surface area contributed by atoms with Gasteiger partial charge in [-0.2, -0.15) is 0 Å². The molecule has 1 atom stereocenters. The van der Waals surface area contributed by atoms with Crippen molar-refractivity contribution in [1.29, 1.82) is 0 Å². The number of anilines is 1. The summed E-state index contributed by atoms with van der Waals surface area (Å²) in [4.78, 5) is 19.3. The van der Waals surface area contributed by atoms with Gasteiger partial charge in [0.15, 0.2) is 23.0 Å². The molecule has 8 nitrogen and oxygen atoms in total. The van der Waals surface area contributed by atoms with Gasteiger partial charge in [0, 0.05) is 18.5 Å². The number of benzene rings is 3. The summed E-state index contributed by atoms with van der Waals surface area (Å²) in [5.74, 6) is 3.27. The molecule has 3 aromatic rings. The third-order valence-corrected chi connectivity index (χ3v) is 9.36. The molecular weight excluding hydrogens is 552 g/mol. The molecule has 0 aliphatic carbocycles. The van der Waals surface area contributed by atoms with Gasteiger partial charge in [0.25, 0.3) is 0 Å². The monoisotopic (exact) mass is 594 g/mol. The molecule has 4 rings (SSSR count). The van der Waals surface area contributed by atoms with Gasteiger partial charge in [0.05, 0.1) is 41.2 Å². The first-order valence-corrected chi connectivity index (χ1v) is 14.9. The molecule has 1 unspecified atom stereocenters. The summed E-state index contributed by atoms with van der Waals surface area (Å²) in [6, 6.07) is 17.9. The Labute approximate surface area is 253 Å². The van der Waals surface area contributed by atoms with Crippen molar-refractivity contribution in [2.75, 3.05) is 67.6 Å². The molecule has 1 heterocycles. The summed E-state index contributed by atoms with van der Waals surface area (Å²) in [5.41, 5.74) is 2.98. The maximum atomic E-state index is 14.1. The van der Waals surface area contributed by atoms with Crippen LogP contribution in [0.2, 0.25) is 0 Å². The van der Waals surface area contributed by atoms with Crippen LogP contribution in [0.4, 0.5) is 5.69 Å². The van der Waals surface area contributed by atoms with Gasteiger partial charge in [-0.25, -0.2) is 0 Å². The normalized spacial score (nSPS) is 16.3. The molecule has 0 aromatic heterocycles. The van der Waals surface area contributed by atoms with Crippen LogP contribution in [0.25, 0.3) is 0 Å². The van der Waals surface area contributed by atoms with E-state index in [1.165, 1.54) is 0 Å². The fourth-order valence-electron chi connectivity index (χ4n) is 5.47. The highest BCUT2D eigenvalue weighted by Gasteiger charge is 2.47. The number of carbonyl (C=O) groups is 1. The van der Waals surface area contributed by atoms with Crippen molar-refractivity contribution in [2.24, 2.45) is 0 Å². The van der Waals surface area contributed by atoms with Gasteiger partial charge in [-0.05, 0) is 86.8 Å². The first-order valence-electron chi connectivity index (χ1n) is 14.1. The third kappa shape index (κ3) is 6.42. The van der Waals surface area contributed by atoms with E-state index in [0.717, 1.165) is 54.1 Å². The predicted molar refractivity (Wildman–Crippen MR) is 168 cm³/mol. The van der Waals surface area contributed by atoms with Crippen LogP contribution in [0, 0.1) is 0 Å². The number of unbranched alkanes of at least 4 members (excludes halogenated alkanes) is 1. The van der Waals surface area contributed by atoms with E-state index in [2.05, 4.69) is 18.0 Å². The molecule has 0 spiro atoms. The van der Waals surface area contributed by atoms with E-state index in [9.17, 15) is 4.79 Å². The lowest BCUT2D eigenvalue weighted by Gasteiger charge is -2.41. The number of thioether (sulfide) groups is 1. The third-order valence-electron chi connectivity index (χ3n) is 7.84. The van der Waals surface area contributed by atoms with E-state index in [0.29, 0.717) is 35.2 Å². The van der Waals surface area contributed by atoms with Crippen molar-refractivity contribution < 1.29 is 28.5 Å². The Kier molecular flexibility index (Phi) is 10.5. The number of carbonyl (C=O) groups excluding carboxylic acids is 1. The van der Waals surface area contributed by atoms with Crippen LogP contribution in [-0.2, 0) is 16.0 Å². The molecule has 0 saturated carbocycles. The molecular formula is C33H42N2O6S. The molecule has 9 heteroatoms. The van der Waals surface area contributed by atoms with Gasteiger partial charge in [0.1, 0.15) is 4.75 Å². The second-order valence-electron chi connectivity index (χ2n) is 10.4. The highest BCUT2D eigenvalue weighted by molar-refractivity contribution is 8.01. The Bertz CT molecular complexity index is 1360. The van der Waals surface area contributed by atoms with Crippen molar-refractivity contribution in [3.63, 3.8) is 0 Å². The highest BCUT2D eigenvalue weighted by atomic mass is 32.2. The fraction of sp³-hybridized carbons (Fsp3) is 0.424. The summed E-state index contributed by atoms with van der Waals surface area (Å²) in [6.07, 6.45) is 3.39. The quantitative estimate of drug-likeness (QED) is 0.209. The summed E-state index contributed by atoms with van der Waals surface area (Å²) in [6.45, 7) is 1.79. The van der Waals surface area contributed by atoms with Gasteiger partial charge in [-0.3, -0.25) is 4.79 Å². The van der Waals surface area contributed by atoms with Crippen molar-refractivity contribution in [3.05, 3.63) is 65.7 Å². The number of methoxy groups -OCH3 is 5. The summed E-state index contributed by atoms with van der Waals surface area (Å²) in [7, 11) is 12.1. The summed E-state index contributed by atoms with van der Waals surface area (Å²) >= 11 is 1.64. The molecule has 226 valence electrons. The van der Waals surface area contributed by atoms with Crippen molar-refractivity contribution in [2.45, 2.75) is 35.3 Å². The van der Waals surface area contributed by atoms with Gasteiger partial charge in [-0.1, -0.05) is 18.2 Å². The number of amides is 1. The first-order chi connectivity index (χ1) is 20.3. The zero-order valence-corrected chi connectivity index (χ0v) is 26.5. The molecule has 0 fully saturated rings. The number of likely N-dealkylation sites (N-methyl/N-ethyl adjacent to an activating group) is 2. The first kappa shape index (κ1) is 31.4. The minimum atomic E-state index is -0.766. The molecule has 1 aliphatic heterocycles. The second kappa shape index (κ2) is 14.1. The van der Waals surface area contributed by atoms with E-state index in [1.54, 1.807) is 52.2 Å². The van der Waals surface area contributed by atoms with Crippen LogP contribution in [-0.4, -0.2) is 73.5 Å². The van der Waals surface area contributed by atoms with Crippen LogP contribution < -0.4 is 28.6 Å². The number of nitrogens with zero attached hydrogens (tertiary/aromatic N) is 2. The van der Waals surface area contributed by atoms with Gasteiger partial charge in [0.2, 0.25) is 11.7 Å². The Balaban J connectivity index is 1.46. The zero-order chi connectivity index (χ0) is 30.3. The van der Waals surface area contributed by atoms with Crippen LogP contribution in [0.3, 0.4) is 0 Å². The number of para-hydroxylation sites is 1. The lowest BCUT2D eigenvalue weighted by atomic mass is 9.90. The maximum Gasteiger partial charge on any atom is 0.247 e. The van der Waals surface area contributed by atoms with Gasteiger partial charge < -0.3 is 33.5 Å². The van der Waals surface area contributed by atoms with E-state index < -0.39 is 4.75 Å². The van der Waals surface area contributed by atoms with Crippen molar-refractivity contribution >= 4 is 23.4 Å². The second-order valence-corrected chi connectivity index (χ2v) is 11.7. The number of rotatable bonds is 14. The largest absolute Gasteiger partial charge is 0.493 e. The smallest absolute Gasteiger partial charge is 0.247 e. The van der Waals surface area contributed by atoms with Crippen LogP contribution in [0.15, 0.2) is 59.5 Å². The van der Waals surface area contributed by atoms with E-state index in [-0.39, 0.29) is 5.91 Å². The van der Waals surface area contributed by atoms with Crippen molar-refractivity contribution in [1.82, 2.24) is 4.90 Å². The molecule has 1 amide bonds. The number of ether oxygens (including phenoxy) is 5. The minimum absolute atomic E-state index is 0.0779. The topological polar surface area (TPSA) is 69.7 Å². The van der Waals surface area contributed by atoms with Crippen LogP contribution in [0.5, 0.6) is 28.7 Å². The average Bonchev–Trinajstić information content (AvgIpc) is 3.03. The summed E-state index contributed by atoms with van der Waals surface area (Å²) in [5, 5.41) is 0. The lowest BCUT2D eigenvalue weighted by molar-refractivity contribution is -0.121. The Morgan fingerprint density at radius 3 is 2.10 bits per heavy atom. The number of fused-ring (bicyclic) bond motifs is 1. The van der Waals surface area contributed by atoms with Gasteiger partial charge >= 0.3 is 0 Å². The molecule has 0 bridgehead atoms. The highest BCUT2D eigenvalue weighted by Crippen LogP contribution is 2.54. The van der Waals surface area contributed by atoms with Crippen LogP contribution in [0.1, 0.15) is 30.4 Å². The van der Waals surface area contributed by atoms with E-state index in [4.69, 9.17) is 23.7 Å². The minimum Gasteiger partial charge on any atom is -0.493 e. The Morgan fingerprint density at radius 2 is 1.45 bits per heavy atom. The average molecular weight is 595 g/mol. The number of hydrogen-bond donors (Lipinski definition) is 0. The SMILES string of the molecule is COc1ccc(C2(CCCCN(C)CCc3cc(OC)c(OC)c(OC)c3)Sc3ccccc3N(C)C2=O)cc1OC. The molecule has 42 heavy (non-hydrogen) atoms. The molecule has 0 radical (unpaired) electrons. The Hall–Kier alpha value is -3.56.